The van der Waals surface area contributed by atoms with Crippen LogP contribution in [0.3, 0.4) is 0 Å². The number of aliphatic hydroxyl groups is 1. The van der Waals surface area contributed by atoms with Gasteiger partial charge in [0.1, 0.15) is 16.8 Å². The summed E-state index contributed by atoms with van der Waals surface area (Å²) >= 11 is 0. The summed E-state index contributed by atoms with van der Waals surface area (Å²) < 4.78 is 5.76. The fourth-order valence-corrected chi connectivity index (χ4v) is 5.64. The molecule has 2 aliphatic rings. The number of likely N-dealkylation sites (tertiary alicyclic amines) is 1. The lowest BCUT2D eigenvalue weighted by molar-refractivity contribution is -0.148. The highest BCUT2D eigenvalue weighted by Gasteiger charge is 2.38. The van der Waals surface area contributed by atoms with Gasteiger partial charge in [0, 0.05) is 43.0 Å². The highest BCUT2D eigenvalue weighted by atomic mass is 16.6. The summed E-state index contributed by atoms with van der Waals surface area (Å²) in [5, 5.41) is 11.5. The van der Waals surface area contributed by atoms with Crippen molar-refractivity contribution in [2.45, 2.75) is 84.6 Å². The first-order valence-corrected chi connectivity index (χ1v) is 13.4. The second-order valence-electron chi connectivity index (χ2n) is 12.2. The Labute approximate surface area is 224 Å². The molecule has 3 aromatic rings. The number of carbonyl (C=O) groups excluding carboxylic acids is 2. The number of aromatic amines is 1. The van der Waals surface area contributed by atoms with Crippen LogP contribution in [0.5, 0.6) is 0 Å². The van der Waals surface area contributed by atoms with Gasteiger partial charge in [0.2, 0.25) is 0 Å². The van der Waals surface area contributed by atoms with Crippen LogP contribution in [0.25, 0.3) is 22.2 Å². The van der Waals surface area contributed by atoms with E-state index in [4.69, 9.17) is 4.74 Å². The maximum Gasteiger partial charge on any atom is 0.410 e. The molecule has 2 aromatic heterocycles. The number of amides is 2. The van der Waals surface area contributed by atoms with Crippen LogP contribution in [0.15, 0.2) is 30.6 Å². The van der Waals surface area contributed by atoms with Gasteiger partial charge >= 0.3 is 6.09 Å². The quantitative estimate of drug-likeness (QED) is 0.492. The van der Waals surface area contributed by atoms with Crippen LogP contribution in [0.2, 0.25) is 0 Å². The molecule has 0 spiro atoms. The lowest BCUT2D eigenvalue weighted by Crippen LogP contribution is -2.47. The van der Waals surface area contributed by atoms with Crippen molar-refractivity contribution in [3.05, 3.63) is 52.8 Å². The number of H-pyrrole nitrogens is 1. The Bertz CT molecular complexity index is 1400. The van der Waals surface area contributed by atoms with Gasteiger partial charge in [-0.15, -0.1) is 0 Å². The van der Waals surface area contributed by atoms with Gasteiger partial charge in [0.25, 0.3) is 5.91 Å². The first-order chi connectivity index (χ1) is 17.8. The fourth-order valence-electron chi connectivity index (χ4n) is 5.64. The van der Waals surface area contributed by atoms with Crippen LogP contribution < -0.4 is 0 Å². The second-order valence-corrected chi connectivity index (χ2v) is 12.2. The number of benzene rings is 1. The predicted octanol–water partition coefficient (Wildman–Crippen LogP) is 5.27. The molecule has 1 unspecified atom stereocenters. The van der Waals surface area contributed by atoms with Gasteiger partial charge in [0.05, 0.1) is 6.04 Å². The van der Waals surface area contributed by atoms with Gasteiger partial charge in [-0.05, 0) is 101 Å². The van der Waals surface area contributed by atoms with E-state index >= 15 is 0 Å². The molecule has 1 fully saturated rings. The number of nitrogens with one attached hydrogen (secondary N) is 1. The number of fused-ring (bicyclic) bond motifs is 2. The number of nitrogens with zero attached hydrogens (tertiary/aromatic N) is 3. The molecular weight excluding hydrogens is 480 g/mol. The predicted molar refractivity (Wildman–Crippen MR) is 147 cm³/mol. The Morgan fingerprint density at radius 1 is 1.11 bits per heavy atom. The normalized spacial score (nSPS) is 18.1. The molecule has 5 rings (SSSR count). The molecule has 1 aromatic carbocycles. The topological polar surface area (TPSA) is 98.8 Å². The average molecular weight is 519 g/mol. The number of carbonyl (C=O) groups is 2. The van der Waals surface area contributed by atoms with E-state index < -0.39 is 11.2 Å². The number of aryl methyl sites for hydroxylation is 1. The number of ether oxygens (including phenoxy) is 1. The lowest BCUT2D eigenvalue weighted by atomic mass is 9.86. The molecule has 8 heteroatoms. The van der Waals surface area contributed by atoms with Crippen molar-refractivity contribution < 1.29 is 19.4 Å². The molecule has 4 heterocycles. The molecule has 1 saturated heterocycles. The second kappa shape index (κ2) is 9.42. The zero-order valence-corrected chi connectivity index (χ0v) is 23.2. The van der Waals surface area contributed by atoms with Crippen LogP contribution in [-0.2, 0) is 22.5 Å². The molecule has 1 atom stereocenters. The first kappa shape index (κ1) is 26.2. The Morgan fingerprint density at radius 3 is 2.58 bits per heavy atom. The molecule has 2 aliphatic heterocycles. The zero-order valence-electron chi connectivity index (χ0n) is 23.2. The van der Waals surface area contributed by atoms with Crippen molar-refractivity contribution in [2.75, 3.05) is 13.1 Å². The zero-order chi connectivity index (χ0) is 27.4. The fraction of sp³-hybridized carbons (Fsp3) is 0.500. The number of hydrogen-bond acceptors (Lipinski definition) is 5. The van der Waals surface area contributed by atoms with Gasteiger partial charge in [0.15, 0.2) is 0 Å². The minimum atomic E-state index is -1.44. The molecule has 0 bridgehead atoms. The monoisotopic (exact) mass is 518 g/mol. The Kier molecular flexibility index (Phi) is 6.50. The minimum absolute atomic E-state index is 0.151. The van der Waals surface area contributed by atoms with Crippen molar-refractivity contribution in [3.63, 3.8) is 0 Å². The van der Waals surface area contributed by atoms with Crippen molar-refractivity contribution in [1.29, 1.82) is 0 Å². The van der Waals surface area contributed by atoms with Gasteiger partial charge < -0.3 is 24.6 Å². The average Bonchev–Trinajstić information content (AvgIpc) is 3.48. The SMILES string of the molecule is Cc1c[nH]c2ncc(-c3cc4c(c(C5CCCN5C(=O)OC(C)(C)C)c3)CN(C(=O)C(C)(C)O)CC4)cc12. The smallest absolute Gasteiger partial charge is 0.410 e. The maximum absolute atomic E-state index is 13.2. The third-order valence-electron chi connectivity index (χ3n) is 7.50. The molecule has 2 amide bonds. The molecule has 202 valence electrons. The van der Waals surface area contributed by atoms with Crippen LogP contribution in [0, 0.1) is 6.92 Å². The highest BCUT2D eigenvalue weighted by Crippen LogP contribution is 2.40. The molecule has 0 radical (unpaired) electrons. The van der Waals surface area contributed by atoms with Gasteiger partial charge in [-0.3, -0.25) is 4.79 Å². The summed E-state index contributed by atoms with van der Waals surface area (Å²) in [4.78, 5) is 37.6. The Balaban J connectivity index is 1.60. The Morgan fingerprint density at radius 2 is 1.87 bits per heavy atom. The van der Waals surface area contributed by atoms with E-state index in [1.165, 1.54) is 19.4 Å². The van der Waals surface area contributed by atoms with Gasteiger partial charge in [-0.25, -0.2) is 9.78 Å². The first-order valence-electron chi connectivity index (χ1n) is 13.4. The van der Waals surface area contributed by atoms with E-state index in [1.54, 1.807) is 4.90 Å². The van der Waals surface area contributed by atoms with E-state index in [0.717, 1.165) is 51.7 Å². The highest BCUT2D eigenvalue weighted by molar-refractivity contribution is 5.86. The number of hydrogen-bond donors (Lipinski definition) is 2. The molecule has 0 saturated carbocycles. The number of pyridine rings is 1. The van der Waals surface area contributed by atoms with Crippen molar-refractivity contribution in [3.8, 4) is 11.1 Å². The van der Waals surface area contributed by atoms with Crippen LogP contribution in [0.1, 0.15) is 75.8 Å². The van der Waals surface area contributed by atoms with Crippen molar-refractivity contribution in [1.82, 2.24) is 19.8 Å². The van der Waals surface area contributed by atoms with E-state index in [2.05, 4.69) is 35.1 Å². The number of aromatic nitrogens is 2. The lowest BCUT2D eigenvalue weighted by Gasteiger charge is -2.36. The van der Waals surface area contributed by atoms with Crippen molar-refractivity contribution >= 4 is 23.0 Å². The van der Waals surface area contributed by atoms with Crippen LogP contribution in [0.4, 0.5) is 4.79 Å². The summed E-state index contributed by atoms with van der Waals surface area (Å²) in [7, 11) is 0. The number of rotatable bonds is 3. The van der Waals surface area contributed by atoms with E-state index in [-0.39, 0.29) is 18.0 Å². The standard InChI is InChI=1S/C30H38N4O4/c1-18-15-31-26-22(18)14-21(16-32-26)20-12-19-9-11-33(27(35)30(5,6)37)17-24(19)23(13-20)25-8-7-10-34(25)28(36)38-29(2,3)4/h12-16,25,37H,7-11,17H2,1-6H3,(H,31,32). The molecule has 0 aliphatic carbocycles. The summed E-state index contributed by atoms with van der Waals surface area (Å²) in [6, 6.07) is 6.37. The molecule has 38 heavy (non-hydrogen) atoms. The third kappa shape index (κ3) is 5.01. The summed E-state index contributed by atoms with van der Waals surface area (Å²) in [5.74, 6) is -0.286. The maximum atomic E-state index is 13.2. The third-order valence-corrected chi connectivity index (χ3v) is 7.50. The summed E-state index contributed by atoms with van der Waals surface area (Å²) in [5.41, 5.74) is 5.30. The molecule has 2 N–H and O–H groups in total. The Hall–Kier alpha value is -3.39. The van der Waals surface area contributed by atoms with Crippen LogP contribution >= 0.6 is 0 Å². The van der Waals surface area contributed by atoms with Crippen molar-refractivity contribution in [2.24, 2.45) is 0 Å². The van der Waals surface area contributed by atoms with Gasteiger partial charge in [-0.1, -0.05) is 6.07 Å². The minimum Gasteiger partial charge on any atom is -0.444 e. The summed E-state index contributed by atoms with van der Waals surface area (Å²) in [6.07, 6.45) is 5.91. The molecule has 8 nitrogen and oxygen atoms in total. The summed E-state index contributed by atoms with van der Waals surface area (Å²) in [6.45, 7) is 12.3. The largest absolute Gasteiger partial charge is 0.444 e. The van der Waals surface area contributed by atoms with Gasteiger partial charge in [-0.2, -0.15) is 0 Å². The van der Waals surface area contributed by atoms with E-state index in [1.807, 2.05) is 38.1 Å². The van der Waals surface area contributed by atoms with E-state index in [0.29, 0.717) is 26.1 Å². The van der Waals surface area contributed by atoms with E-state index in [9.17, 15) is 14.7 Å². The van der Waals surface area contributed by atoms with Crippen LogP contribution in [-0.4, -0.2) is 61.2 Å². The molecular formula is C30H38N4O4.